The fraction of sp³-hybridized carbons (Fsp3) is 0.312. The number of carboxylic acids is 1. The van der Waals surface area contributed by atoms with Crippen LogP contribution in [-0.2, 0) is 28.4 Å². The average Bonchev–Trinajstić information content (AvgIpc) is 3.14. The van der Waals surface area contributed by atoms with Crippen molar-refractivity contribution in [1.82, 2.24) is 5.32 Å². The van der Waals surface area contributed by atoms with Crippen molar-refractivity contribution >= 4 is 17.7 Å². The maximum absolute atomic E-state index is 10.9. The molecule has 0 radical (unpaired) electrons. The largest absolute Gasteiger partial charge is 2.00 e. The monoisotopic (exact) mass is 347 g/mol. The molecule has 0 aliphatic carbocycles. The van der Waals surface area contributed by atoms with E-state index in [2.05, 4.69) is 5.32 Å². The molecule has 0 saturated heterocycles. The third-order valence-electron chi connectivity index (χ3n) is 2.75. The van der Waals surface area contributed by atoms with Crippen LogP contribution in [0.5, 0.6) is 0 Å². The molecule has 116 valence electrons. The van der Waals surface area contributed by atoms with Crippen LogP contribution in [-0.4, -0.2) is 29.1 Å². The molecular formula is C16H21FeNO2S. The maximum Gasteiger partial charge on any atom is 2.00 e. The van der Waals surface area contributed by atoms with Gasteiger partial charge in [-0.2, -0.15) is 42.1 Å². The number of hydrogen-bond acceptors (Lipinski definition) is 3. The van der Waals surface area contributed by atoms with Crippen LogP contribution in [0.25, 0.3) is 0 Å². The normalized spacial score (nSPS) is 10.9. The van der Waals surface area contributed by atoms with E-state index in [1.54, 1.807) is 11.8 Å². The van der Waals surface area contributed by atoms with Crippen LogP contribution in [0.15, 0.2) is 54.6 Å². The van der Waals surface area contributed by atoms with Gasteiger partial charge in [0, 0.05) is 0 Å². The summed E-state index contributed by atoms with van der Waals surface area (Å²) in [6, 6.07) is 17.4. The zero-order chi connectivity index (χ0) is 14.6. The van der Waals surface area contributed by atoms with Crippen LogP contribution in [0.3, 0.4) is 0 Å². The van der Waals surface area contributed by atoms with Crippen LogP contribution in [0.4, 0.5) is 0 Å². The predicted molar refractivity (Wildman–Crippen MR) is 85.3 cm³/mol. The minimum atomic E-state index is -0.768. The van der Waals surface area contributed by atoms with Crippen LogP contribution >= 0.6 is 11.8 Å². The summed E-state index contributed by atoms with van der Waals surface area (Å²) >= 11 is 1.67. The number of carboxylic acid groups (broad SMARTS) is 1. The summed E-state index contributed by atoms with van der Waals surface area (Å²) in [6.45, 7) is 0.623. The molecule has 0 spiro atoms. The Bertz CT molecular complexity index is 426. The van der Waals surface area contributed by atoms with Gasteiger partial charge >= 0.3 is 23.0 Å². The second kappa shape index (κ2) is 12.7. The van der Waals surface area contributed by atoms with Crippen LogP contribution in [0.2, 0.25) is 0 Å². The summed E-state index contributed by atoms with van der Waals surface area (Å²) in [7, 11) is 0. The Balaban J connectivity index is 0.000000562. The Hall–Kier alpha value is -1.00. The molecule has 0 heterocycles. The van der Waals surface area contributed by atoms with Gasteiger partial charge in [-0.25, -0.2) is 24.3 Å². The number of carbonyl (C=O) groups is 1. The first kappa shape index (κ1) is 20.0. The molecule has 0 fully saturated rings. The minimum Gasteiger partial charge on any atom is -0.480 e. The summed E-state index contributed by atoms with van der Waals surface area (Å²) in [5.74, 6) is 0.0981. The molecule has 21 heavy (non-hydrogen) atoms. The smallest absolute Gasteiger partial charge is 0.480 e. The van der Waals surface area contributed by atoms with Crippen LogP contribution < -0.4 is 5.32 Å². The summed E-state index contributed by atoms with van der Waals surface area (Å²) < 4.78 is 0. The standard InChI is InChI=1S/C11H16NO2S.C5H5.Fe/c1-15-7-6-10(11(13)14)12-8-9-4-2-3-5-9;1-2-4-5-3-1;/h2-5,10,12H,6-8H2,1H3,(H,13,14);1-5H;/q2*-1;+2/t10-;;/m0../s1. The van der Waals surface area contributed by atoms with Gasteiger partial charge in [0.2, 0.25) is 0 Å². The molecule has 2 aromatic rings. The Morgan fingerprint density at radius 3 is 2.33 bits per heavy atom. The fourth-order valence-electron chi connectivity index (χ4n) is 1.64. The average molecular weight is 347 g/mol. The van der Waals surface area contributed by atoms with Gasteiger partial charge in [-0.15, -0.1) is 5.56 Å². The SMILES string of the molecule is CSCC[C@H](NC[c-]1cccc1)C(=O)O.[Fe+2].c1cc[cH-]c1. The maximum atomic E-state index is 10.9. The van der Waals surface area contributed by atoms with Crippen molar-refractivity contribution in [2.45, 2.75) is 19.0 Å². The van der Waals surface area contributed by atoms with Gasteiger partial charge in [0.25, 0.3) is 0 Å². The van der Waals surface area contributed by atoms with E-state index in [0.29, 0.717) is 13.0 Å². The van der Waals surface area contributed by atoms with E-state index >= 15 is 0 Å². The van der Waals surface area contributed by atoms with Gasteiger partial charge in [-0.1, -0.05) is 0 Å². The van der Waals surface area contributed by atoms with E-state index in [4.69, 9.17) is 5.11 Å². The third kappa shape index (κ3) is 9.53. The molecule has 5 heteroatoms. The van der Waals surface area contributed by atoms with Crippen molar-refractivity contribution < 1.29 is 27.0 Å². The second-order valence-corrected chi connectivity index (χ2v) is 5.29. The fourth-order valence-corrected chi connectivity index (χ4v) is 2.11. The molecule has 2 rings (SSSR count). The first-order valence-electron chi connectivity index (χ1n) is 6.56. The predicted octanol–water partition coefficient (Wildman–Crippen LogP) is 3.10. The summed E-state index contributed by atoms with van der Waals surface area (Å²) in [6.07, 6.45) is 2.65. The van der Waals surface area contributed by atoms with Crippen LogP contribution in [0, 0.1) is 0 Å². The quantitative estimate of drug-likeness (QED) is 0.597. The third-order valence-corrected chi connectivity index (χ3v) is 3.39. The Labute approximate surface area is 141 Å². The molecule has 0 amide bonds. The first-order valence-corrected chi connectivity index (χ1v) is 7.96. The molecule has 3 nitrogen and oxygen atoms in total. The Morgan fingerprint density at radius 1 is 1.29 bits per heavy atom. The molecule has 0 aliphatic heterocycles. The van der Waals surface area contributed by atoms with Crippen molar-refractivity contribution in [1.29, 1.82) is 0 Å². The second-order valence-electron chi connectivity index (χ2n) is 4.31. The molecule has 0 saturated carbocycles. The van der Waals surface area contributed by atoms with E-state index < -0.39 is 12.0 Å². The molecule has 0 unspecified atom stereocenters. The van der Waals surface area contributed by atoms with E-state index in [-0.39, 0.29) is 17.1 Å². The molecule has 2 aromatic carbocycles. The summed E-state index contributed by atoms with van der Waals surface area (Å²) in [5.41, 5.74) is 1.13. The summed E-state index contributed by atoms with van der Waals surface area (Å²) in [4.78, 5) is 10.9. The van der Waals surface area contributed by atoms with Crippen molar-refractivity contribution in [2.75, 3.05) is 12.0 Å². The van der Waals surface area contributed by atoms with Crippen molar-refractivity contribution in [2.24, 2.45) is 0 Å². The number of thioether (sulfide) groups is 1. The number of nitrogens with one attached hydrogen (secondary N) is 1. The zero-order valence-corrected chi connectivity index (χ0v) is 13.9. The van der Waals surface area contributed by atoms with E-state index in [1.165, 1.54) is 0 Å². The van der Waals surface area contributed by atoms with Crippen molar-refractivity contribution in [3.05, 3.63) is 60.2 Å². The minimum absolute atomic E-state index is 0. The molecule has 0 aromatic heterocycles. The van der Waals surface area contributed by atoms with Gasteiger partial charge < -0.3 is 10.4 Å². The first-order chi connectivity index (χ1) is 9.74. The topological polar surface area (TPSA) is 49.3 Å². The number of rotatable bonds is 7. The van der Waals surface area contributed by atoms with Gasteiger partial charge in [0.05, 0.1) is 0 Å². The van der Waals surface area contributed by atoms with Gasteiger partial charge in [0.15, 0.2) is 0 Å². The number of hydrogen-bond donors (Lipinski definition) is 2. The summed E-state index contributed by atoms with van der Waals surface area (Å²) in [5, 5.41) is 12.0. The van der Waals surface area contributed by atoms with Gasteiger partial charge in [0.1, 0.15) is 6.04 Å². The molecule has 1 atom stereocenters. The molecule has 2 N–H and O–H groups in total. The van der Waals surface area contributed by atoms with Gasteiger partial charge in [-0.05, 0) is 25.0 Å². The Kier molecular flexibility index (Phi) is 12.1. The van der Waals surface area contributed by atoms with Crippen LogP contribution in [0.1, 0.15) is 12.0 Å². The zero-order valence-electron chi connectivity index (χ0n) is 12.0. The van der Waals surface area contributed by atoms with Crippen molar-refractivity contribution in [3.8, 4) is 0 Å². The molecular weight excluding hydrogens is 326 g/mol. The Morgan fingerprint density at radius 2 is 1.90 bits per heavy atom. The van der Waals surface area contributed by atoms with Crippen molar-refractivity contribution in [3.63, 3.8) is 0 Å². The number of aliphatic carboxylic acids is 1. The van der Waals surface area contributed by atoms with Gasteiger partial charge in [-0.3, -0.25) is 4.79 Å². The van der Waals surface area contributed by atoms with E-state index in [9.17, 15) is 4.79 Å². The molecule has 0 aliphatic rings. The molecule has 0 bridgehead atoms. The van der Waals surface area contributed by atoms with E-state index in [0.717, 1.165) is 11.3 Å². The van der Waals surface area contributed by atoms with E-state index in [1.807, 2.05) is 60.9 Å².